The Bertz CT molecular complexity index is 420. The second-order valence-corrected chi connectivity index (χ2v) is 6.53. The summed E-state index contributed by atoms with van der Waals surface area (Å²) in [6, 6.07) is 2.93. The molecule has 1 saturated heterocycles. The van der Waals surface area contributed by atoms with Crippen LogP contribution in [0.1, 0.15) is 31.2 Å². The molecule has 20 heavy (non-hydrogen) atoms. The fourth-order valence-electron chi connectivity index (χ4n) is 3.24. The molecule has 1 aliphatic heterocycles. The number of piperazine rings is 1. The van der Waals surface area contributed by atoms with Gasteiger partial charge >= 0.3 is 6.03 Å². The Hall–Kier alpha value is -1.07. The Balaban J connectivity index is 1.41. The van der Waals surface area contributed by atoms with Gasteiger partial charge in [0, 0.05) is 38.8 Å². The molecule has 1 N–H and O–H groups in total. The van der Waals surface area contributed by atoms with E-state index in [1.54, 1.807) is 11.3 Å². The number of amides is 2. The third-order valence-corrected chi connectivity index (χ3v) is 5.20. The Morgan fingerprint density at radius 3 is 2.65 bits per heavy atom. The van der Waals surface area contributed by atoms with E-state index in [0.29, 0.717) is 6.54 Å². The number of thiophene rings is 1. The minimum atomic E-state index is 0.0854. The monoisotopic (exact) mass is 293 g/mol. The molecule has 2 heterocycles. The maximum Gasteiger partial charge on any atom is 0.317 e. The summed E-state index contributed by atoms with van der Waals surface area (Å²) in [4.78, 5) is 16.7. The van der Waals surface area contributed by atoms with Crippen LogP contribution in [0.3, 0.4) is 0 Å². The van der Waals surface area contributed by atoms with Crippen LogP contribution in [0.4, 0.5) is 4.79 Å². The number of hydrogen-bond donors (Lipinski definition) is 1. The average Bonchev–Trinajstić information content (AvgIpc) is 3.18. The van der Waals surface area contributed by atoms with Crippen LogP contribution in [0, 0.1) is 0 Å². The molecular formula is C15H23N3OS. The maximum absolute atomic E-state index is 12.1. The largest absolute Gasteiger partial charge is 0.334 e. The molecule has 0 atom stereocenters. The molecule has 0 unspecified atom stereocenters. The summed E-state index contributed by atoms with van der Waals surface area (Å²) in [5, 5.41) is 7.14. The zero-order valence-electron chi connectivity index (χ0n) is 11.9. The second-order valence-electron chi connectivity index (χ2n) is 5.75. The Labute approximate surface area is 124 Å². The van der Waals surface area contributed by atoms with Gasteiger partial charge in [-0.3, -0.25) is 4.90 Å². The van der Waals surface area contributed by atoms with Crippen molar-refractivity contribution in [1.82, 2.24) is 15.1 Å². The standard InChI is InChI=1S/C15H23N3OS/c19-15(16-11-13-5-10-20-12-13)18-8-6-17(7-9-18)14-3-1-2-4-14/h5,10,12,14H,1-4,6-9,11H2,(H,16,19). The SMILES string of the molecule is O=C(NCc1ccsc1)N1CCN(C2CCCC2)CC1. The van der Waals surface area contributed by atoms with Crippen LogP contribution in [-0.2, 0) is 6.54 Å². The van der Waals surface area contributed by atoms with Gasteiger partial charge in [0.05, 0.1) is 0 Å². The van der Waals surface area contributed by atoms with Crippen LogP contribution < -0.4 is 5.32 Å². The van der Waals surface area contributed by atoms with Crippen molar-refractivity contribution >= 4 is 17.4 Å². The number of carbonyl (C=O) groups excluding carboxylic acids is 1. The normalized spacial score (nSPS) is 21.3. The number of carbonyl (C=O) groups is 1. The minimum absolute atomic E-state index is 0.0854. The van der Waals surface area contributed by atoms with Gasteiger partial charge in [-0.05, 0) is 35.2 Å². The van der Waals surface area contributed by atoms with Crippen LogP contribution in [0.15, 0.2) is 16.8 Å². The van der Waals surface area contributed by atoms with Gasteiger partial charge in [-0.2, -0.15) is 11.3 Å². The molecule has 1 aliphatic carbocycles. The van der Waals surface area contributed by atoms with Gasteiger partial charge in [0.2, 0.25) is 0 Å². The summed E-state index contributed by atoms with van der Waals surface area (Å²) in [6.07, 6.45) is 5.47. The van der Waals surface area contributed by atoms with Crippen molar-refractivity contribution in [3.63, 3.8) is 0 Å². The Morgan fingerprint density at radius 1 is 1.25 bits per heavy atom. The Morgan fingerprint density at radius 2 is 2.00 bits per heavy atom. The van der Waals surface area contributed by atoms with Crippen molar-refractivity contribution in [2.45, 2.75) is 38.3 Å². The van der Waals surface area contributed by atoms with Crippen LogP contribution in [-0.4, -0.2) is 48.1 Å². The van der Waals surface area contributed by atoms with E-state index in [9.17, 15) is 4.79 Å². The van der Waals surface area contributed by atoms with Crippen molar-refractivity contribution in [1.29, 1.82) is 0 Å². The lowest BCUT2D eigenvalue weighted by atomic mass is 10.2. The van der Waals surface area contributed by atoms with Gasteiger partial charge < -0.3 is 10.2 Å². The van der Waals surface area contributed by atoms with Gasteiger partial charge in [-0.1, -0.05) is 12.8 Å². The number of nitrogens with one attached hydrogen (secondary N) is 1. The Kier molecular flexibility index (Phi) is 4.58. The summed E-state index contributed by atoms with van der Waals surface area (Å²) in [7, 11) is 0. The third kappa shape index (κ3) is 3.33. The van der Waals surface area contributed by atoms with Gasteiger partial charge in [-0.25, -0.2) is 4.79 Å². The van der Waals surface area contributed by atoms with E-state index >= 15 is 0 Å². The lowest BCUT2D eigenvalue weighted by Crippen LogP contribution is -2.53. The van der Waals surface area contributed by atoms with E-state index in [0.717, 1.165) is 32.2 Å². The summed E-state index contributed by atoms with van der Waals surface area (Å²) in [5.74, 6) is 0. The first-order chi connectivity index (χ1) is 9.83. The molecule has 2 aliphatic rings. The topological polar surface area (TPSA) is 35.6 Å². The first kappa shape index (κ1) is 13.9. The summed E-state index contributed by atoms with van der Waals surface area (Å²) < 4.78 is 0. The summed E-state index contributed by atoms with van der Waals surface area (Å²) in [5.41, 5.74) is 1.19. The molecule has 0 radical (unpaired) electrons. The average molecular weight is 293 g/mol. The first-order valence-corrected chi connectivity index (χ1v) is 8.55. The minimum Gasteiger partial charge on any atom is -0.334 e. The molecule has 4 nitrogen and oxygen atoms in total. The molecule has 1 aromatic rings. The number of urea groups is 1. The van der Waals surface area contributed by atoms with E-state index in [1.807, 2.05) is 10.3 Å². The van der Waals surface area contributed by atoms with Gasteiger partial charge in [0.15, 0.2) is 0 Å². The molecule has 0 aromatic carbocycles. The van der Waals surface area contributed by atoms with Crippen LogP contribution >= 0.6 is 11.3 Å². The molecule has 110 valence electrons. The van der Waals surface area contributed by atoms with Crippen molar-refractivity contribution in [2.24, 2.45) is 0 Å². The second kappa shape index (κ2) is 6.59. The molecule has 2 fully saturated rings. The van der Waals surface area contributed by atoms with E-state index in [4.69, 9.17) is 0 Å². The molecule has 1 aromatic heterocycles. The highest BCUT2D eigenvalue weighted by Crippen LogP contribution is 2.24. The van der Waals surface area contributed by atoms with Crippen molar-refractivity contribution in [2.75, 3.05) is 26.2 Å². The lowest BCUT2D eigenvalue weighted by molar-refractivity contribution is 0.109. The fraction of sp³-hybridized carbons (Fsp3) is 0.667. The van der Waals surface area contributed by atoms with Crippen molar-refractivity contribution < 1.29 is 4.79 Å². The van der Waals surface area contributed by atoms with Crippen LogP contribution in [0.25, 0.3) is 0 Å². The quantitative estimate of drug-likeness (QED) is 0.929. The highest BCUT2D eigenvalue weighted by molar-refractivity contribution is 7.07. The molecule has 0 bridgehead atoms. The first-order valence-electron chi connectivity index (χ1n) is 7.61. The van der Waals surface area contributed by atoms with E-state index in [2.05, 4.69) is 21.7 Å². The molecule has 0 spiro atoms. The highest BCUT2D eigenvalue weighted by atomic mass is 32.1. The number of hydrogen-bond acceptors (Lipinski definition) is 3. The zero-order chi connectivity index (χ0) is 13.8. The number of rotatable bonds is 3. The summed E-state index contributed by atoms with van der Waals surface area (Å²) >= 11 is 1.67. The predicted octanol–water partition coefficient (Wildman–Crippen LogP) is 2.52. The highest BCUT2D eigenvalue weighted by Gasteiger charge is 2.27. The number of nitrogens with zero attached hydrogens (tertiary/aromatic N) is 2. The molecular weight excluding hydrogens is 270 g/mol. The van der Waals surface area contributed by atoms with E-state index < -0.39 is 0 Å². The molecule has 1 saturated carbocycles. The summed E-state index contributed by atoms with van der Waals surface area (Å²) in [6.45, 7) is 4.45. The lowest BCUT2D eigenvalue weighted by Gasteiger charge is -2.38. The van der Waals surface area contributed by atoms with E-state index in [-0.39, 0.29) is 6.03 Å². The maximum atomic E-state index is 12.1. The third-order valence-electron chi connectivity index (χ3n) is 4.47. The fourth-order valence-corrected chi connectivity index (χ4v) is 3.91. The van der Waals surface area contributed by atoms with Gasteiger partial charge in [0.1, 0.15) is 0 Å². The van der Waals surface area contributed by atoms with Crippen LogP contribution in [0.5, 0.6) is 0 Å². The van der Waals surface area contributed by atoms with Gasteiger partial charge in [-0.15, -0.1) is 0 Å². The van der Waals surface area contributed by atoms with Crippen molar-refractivity contribution in [3.05, 3.63) is 22.4 Å². The molecule has 5 heteroatoms. The molecule has 3 rings (SSSR count). The van der Waals surface area contributed by atoms with Crippen molar-refractivity contribution in [3.8, 4) is 0 Å². The van der Waals surface area contributed by atoms with Crippen LogP contribution in [0.2, 0.25) is 0 Å². The zero-order valence-corrected chi connectivity index (χ0v) is 12.7. The van der Waals surface area contributed by atoms with Gasteiger partial charge in [0.25, 0.3) is 0 Å². The van der Waals surface area contributed by atoms with E-state index in [1.165, 1.54) is 31.2 Å². The molecule has 2 amide bonds. The smallest absolute Gasteiger partial charge is 0.317 e. The predicted molar refractivity (Wildman–Crippen MR) is 82.0 cm³/mol.